The van der Waals surface area contributed by atoms with E-state index in [9.17, 15) is 9.59 Å². The maximum Gasteiger partial charge on any atom is 0.360 e. The quantitative estimate of drug-likeness (QED) is 0.0626. The van der Waals surface area contributed by atoms with Crippen LogP contribution in [0.15, 0.2) is 48.5 Å². The fourth-order valence-corrected chi connectivity index (χ4v) is 11.1. The van der Waals surface area contributed by atoms with E-state index >= 15 is 0 Å². The van der Waals surface area contributed by atoms with Gasteiger partial charge >= 0.3 is 11.9 Å². The van der Waals surface area contributed by atoms with E-state index in [-0.39, 0.29) is 17.9 Å². The van der Waals surface area contributed by atoms with E-state index in [1.54, 1.807) is 34.9 Å². The Bertz CT molecular complexity index is 3190. The van der Waals surface area contributed by atoms with Crippen LogP contribution in [0, 0.1) is 75.0 Å². The van der Waals surface area contributed by atoms with Crippen molar-refractivity contribution in [3.63, 3.8) is 0 Å². The lowest BCUT2D eigenvalue weighted by molar-refractivity contribution is 0.0518. The highest BCUT2D eigenvalue weighted by Crippen LogP contribution is 2.48. The number of aromatic nitrogens is 13. The average molecular weight is 1060 g/mol. The number of aryl methyl sites for hydroxylation is 4. The molecule has 14 rings (SSSR count). The number of hydrogen-bond acceptors (Lipinski definition) is 20. The maximum absolute atomic E-state index is 11.6. The van der Waals surface area contributed by atoms with E-state index < -0.39 is 11.9 Å². The molecule has 0 bridgehead atoms. The highest BCUT2D eigenvalue weighted by Gasteiger charge is 2.48. The molecule has 0 aromatic carbocycles. The largest absolute Gasteiger partial charge is 0.478 e. The van der Waals surface area contributed by atoms with Crippen LogP contribution in [0.25, 0.3) is 10.4 Å². The minimum absolute atomic E-state index is 0.0252. The molecule has 0 radical (unpaired) electrons. The first kappa shape index (κ1) is 52.1. The summed E-state index contributed by atoms with van der Waals surface area (Å²) in [6.07, 6.45) is 17.1. The smallest absolute Gasteiger partial charge is 0.360 e. The molecule has 4 saturated carbocycles. The third-order valence-corrected chi connectivity index (χ3v) is 16.4. The van der Waals surface area contributed by atoms with Crippen LogP contribution in [0.2, 0.25) is 0 Å². The summed E-state index contributed by atoms with van der Waals surface area (Å²) < 4.78 is 8.11. The number of azide groups is 1. The number of esters is 1. The highest BCUT2D eigenvalue weighted by molar-refractivity contribution is 5.87. The van der Waals surface area contributed by atoms with Gasteiger partial charge in [-0.2, -0.15) is 5.10 Å². The van der Waals surface area contributed by atoms with Crippen LogP contribution in [0.5, 0.6) is 0 Å². The molecule has 0 amide bonds. The van der Waals surface area contributed by atoms with Gasteiger partial charge in [0.15, 0.2) is 5.69 Å². The number of carboxylic acids is 1. The van der Waals surface area contributed by atoms with Crippen molar-refractivity contribution in [3.05, 3.63) is 110 Å². The Morgan fingerprint density at radius 1 is 0.603 bits per heavy atom. The van der Waals surface area contributed by atoms with Crippen molar-refractivity contribution in [2.45, 2.75) is 86.5 Å². The van der Waals surface area contributed by atoms with Crippen molar-refractivity contribution in [2.24, 2.45) is 52.5 Å². The van der Waals surface area contributed by atoms with Crippen molar-refractivity contribution < 1.29 is 24.5 Å². The second-order valence-corrected chi connectivity index (χ2v) is 22.1. The molecule has 78 heavy (non-hydrogen) atoms. The van der Waals surface area contributed by atoms with Crippen LogP contribution >= 0.6 is 0 Å². The number of nitrogens with zero attached hydrogens (tertiary/aromatic N) is 20. The Kier molecular flexibility index (Phi) is 14.8. The molecular weight excluding hydrogens is 997 g/mol. The molecule has 408 valence electrons. The molecule has 10 heterocycles. The summed E-state index contributed by atoms with van der Waals surface area (Å²) in [7, 11) is 0. The molecule has 8 aliphatic rings. The Morgan fingerprint density at radius 3 is 1.36 bits per heavy atom. The van der Waals surface area contributed by atoms with E-state index in [2.05, 4.69) is 84.9 Å². The van der Waals surface area contributed by atoms with Crippen LogP contribution < -0.4 is 19.6 Å². The first-order chi connectivity index (χ1) is 37.8. The number of aliphatic hydroxyl groups excluding tert-OH is 1. The van der Waals surface area contributed by atoms with Crippen molar-refractivity contribution in [1.82, 2.24) is 64.6 Å². The van der Waals surface area contributed by atoms with Crippen LogP contribution in [-0.4, -0.2) is 146 Å². The molecule has 6 aromatic heterocycles. The van der Waals surface area contributed by atoms with Gasteiger partial charge in [0, 0.05) is 128 Å². The number of aromatic carboxylic acids is 1. The minimum Gasteiger partial charge on any atom is -0.478 e. The van der Waals surface area contributed by atoms with E-state index in [1.165, 1.54) is 38.1 Å². The number of fused-ring (bicyclic) bond motifs is 4. The molecular formula is C53H66N20O5. The van der Waals surface area contributed by atoms with Gasteiger partial charge in [-0.25, -0.2) is 54.1 Å². The minimum atomic E-state index is -0.970. The van der Waals surface area contributed by atoms with E-state index in [0.29, 0.717) is 26.2 Å². The summed E-state index contributed by atoms with van der Waals surface area (Å²) in [6, 6.07) is 0. The summed E-state index contributed by atoms with van der Waals surface area (Å²) in [5, 5.41) is 33.4. The van der Waals surface area contributed by atoms with E-state index in [0.717, 1.165) is 169 Å². The zero-order valence-electron chi connectivity index (χ0n) is 44.7. The Morgan fingerprint density at radius 2 is 1.00 bits per heavy atom. The molecule has 6 aromatic rings. The first-order valence-corrected chi connectivity index (χ1v) is 27.0. The summed E-state index contributed by atoms with van der Waals surface area (Å²) >= 11 is 0. The van der Waals surface area contributed by atoms with Gasteiger partial charge in [-0.15, -0.1) is 5.10 Å². The standard InChI is InChI=1S/C16H20N6O2.C15H17N5O2.C11H14N6.C11H15N3O/c1-3-24-15(23)14-9-22(20-19-14)8-13-5-17-16(18-10(13)2)21-6-11-4-12(11)7-21;1-9-12(7-20-8-13(4-17-20)14(21)22)3-16-15(18-9)19-5-10-2-11(10)6-19;1-7-10(4-14-16-12)3-13-11(15-7)17-5-8-2-9(8)6-17;1-7-10(6-15)3-12-11(13-7)14-4-8-2-9(8)5-14/h5,9,11-12H,3-4,6-8H2,1-2H3;3-4,8,10-11H,2,5-7H2,1H3,(H,21,22);3,8-9H,2,4-6H2,1H3;3,8-9,15H,2,4-6H2,1H3. The molecule has 4 aliphatic carbocycles. The lowest BCUT2D eigenvalue weighted by Crippen LogP contribution is -2.24. The Balaban J connectivity index is 0.000000112. The number of carbonyl (C=O) groups excluding carboxylic acids is 1. The molecule has 4 saturated heterocycles. The zero-order valence-corrected chi connectivity index (χ0v) is 44.7. The van der Waals surface area contributed by atoms with Gasteiger partial charge in [0.25, 0.3) is 0 Å². The van der Waals surface area contributed by atoms with Gasteiger partial charge in [0.1, 0.15) is 0 Å². The third kappa shape index (κ3) is 12.1. The van der Waals surface area contributed by atoms with Gasteiger partial charge < -0.3 is 34.5 Å². The molecule has 25 heteroatoms. The number of hydrogen-bond donors (Lipinski definition) is 2. The van der Waals surface area contributed by atoms with Gasteiger partial charge in [-0.05, 0) is 119 Å². The summed E-state index contributed by atoms with van der Waals surface area (Å²) in [6.45, 7) is 19.9. The monoisotopic (exact) mass is 1060 g/mol. The van der Waals surface area contributed by atoms with Crippen LogP contribution in [0.4, 0.5) is 23.8 Å². The predicted molar refractivity (Wildman–Crippen MR) is 284 cm³/mol. The summed E-state index contributed by atoms with van der Waals surface area (Å²) in [5.74, 6) is 8.79. The van der Waals surface area contributed by atoms with E-state index in [1.807, 2.05) is 40.1 Å². The number of rotatable bonds is 14. The third-order valence-electron chi connectivity index (χ3n) is 16.4. The topological polar surface area (TPSA) is 297 Å². The molecule has 8 fully saturated rings. The number of ether oxygens (including phenoxy) is 1. The number of aliphatic hydroxyl groups is 1. The van der Waals surface area contributed by atoms with Crippen molar-refractivity contribution in [1.29, 1.82) is 0 Å². The lowest BCUT2D eigenvalue weighted by Gasteiger charge is -2.18. The average Bonchev–Trinajstić information content (AvgIpc) is 4.39. The Labute approximate surface area is 451 Å². The van der Waals surface area contributed by atoms with Crippen molar-refractivity contribution in [2.75, 3.05) is 78.6 Å². The lowest BCUT2D eigenvalue weighted by atomic mass is 10.2. The molecule has 8 atom stereocenters. The van der Waals surface area contributed by atoms with Crippen LogP contribution in [0.3, 0.4) is 0 Å². The Hall–Kier alpha value is -7.92. The van der Waals surface area contributed by atoms with Gasteiger partial charge in [0.2, 0.25) is 23.8 Å². The van der Waals surface area contributed by atoms with Crippen LogP contribution in [-0.2, 0) is 31.0 Å². The summed E-state index contributed by atoms with van der Waals surface area (Å²) in [5.41, 5.74) is 16.0. The van der Waals surface area contributed by atoms with Crippen molar-refractivity contribution >= 4 is 35.7 Å². The molecule has 8 unspecified atom stereocenters. The molecule has 2 N–H and O–H groups in total. The second kappa shape index (κ2) is 22.2. The maximum atomic E-state index is 11.6. The number of anilines is 4. The second-order valence-electron chi connectivity index (χ2n) is 22.1. The number of carboxylic acid groups (broad SMARTS) is 1. The van der Waals surface area contributed by atoms with Crippen molar-refractivity contribution in [3.8, 4) is 0 Å². The summed E-state index contributed by atoms with van der Waals surface area (Å²) in [4.78, 5) is 70.1. The zero-order chi connectivity index (χ0) is 54.2. The van der Waals surface area contributed by atoms with Gasteiger partial charge in [-0.3, -0.25) is 4.68 Å². The SMILES string of the molecule is CCOC(=O)c1cn(Cc2cnc(N3CC4CC4C3)nc2C)nn1.Cc1nc(N2CC3CC3C2)ncc1CN=[N+]=[N-].Cc1nc(N2CC3CC3C2)ncc1CO.Cc1nc(N2CC3CC3C2)ncc1Cn1cc(C(=O)O)cn1. The fourth-order valence-electron chi connectivity index (χ4n) is 11.1. The number of piperidine rings is 4. The van der Waals surface area contributed by atoms with Gasteiger partial charge in [-0.1, -0.05) is 10.3 Å². The normalized spacial score (nSPS) is 24.0. The predicted octanol–water partition coefficient (Wildman–Crippen LogP) is 5.03. The van der Waals surface area contributed by atoms with Gasteiger partial charge in [0.05, 0.1) is 50.8 Å². The highest BCUT2D eigenvalue weighted by atomic mass is 16.5. The van der Waals surface area contributed by atoms with Crippen LogP contribution in [0.1, 0.15) is 98.5 Å². The molecule has 25 nitrogen and oxygen atoms in total. The molecule has 4 aliphatic heterocycles. The van der Waals surface area contributed by atoms with E-state index in [4.69, 9.17) is 20.5 Å². The molecule has 0 spiro atoms. The fraction of sp³-hybridized carbons (Fsp3) is 0.566. The number of carbonyl (C=O) groups is 2. The first-order valence-electron chi connectivity index (χ1n) is 27.0.